The molecule has 3 nitrogen and oxygen atoms in total. The molecule has 0 saturated heterocycles. The summed E-state index contributed by atoms with van der Waals surface area (Å²) in [5, 5.41) is 18.7. The summed E-state index contributed by atoms with van der Waals surface area (Å²) in [6.07, 6.45) is 10.4. The van der Waals surface area contributed by atoms with Gasteiger partial charge in [-0.05, 0) is 12.5 Å². The molecule has 0 aromatic carbocycles. The van der Waals surface area contributed by atoms with Crippen LogP contribution in [0.15, 0.2) is 18.2 Å². The van der Waals surface area contributed by atoms with Gasteiger partial charge in [-0.3, -0.25) is 0 Å². The molecule has 0 amide bonds. The summed E-state index contributed by atoms with van der Waals surface area (Å²) in [6.45, 7) is 3.20. The minimum atomic E-state index is 0.0326. The highest BCUT2D eigenvalue weighted by atomic mass is 16.3. The maximum atomic E-state index is 9.36. The Labute approximate surface area is 123 Å². The summed E-state index contributed by atoms with van der Waals surface area (Å²) in [6, 6.07) is 5.73. The molecule has 1 heterocycles. The minimum absolute atomic E-state index is 0.0326. The van der Waals surface area contributed by atoms with E-state index >= 15 is 0 Å². The third kappa shape index (κ3) is 6.02. The summed E-state index contributed by atoms with van der Waals surface area (Å²) in [5.74, 6) is 0. The van der Waals surface area contributed by atoms with Crippen LogP contribution in [-0.2, 0) is 19.8 Å². The lowest BCUT2D eigenvalue weighted by Gasteiger charge is -2.06. The zero-order chi connectivity index (χ0) is 14.6. The average Bonchev–Trinajstić information content (AvgIpc) is 2.49. The second-order valence-electron chi connectivity index (χ2n) is 5.45. The number of aliphatic hydroxyl groups is 2. The van der Waals surface area contributed by atoms with E-state index in [-0.39, 0.29) is 13.2 Å². The summed E-state index contributed by atoms with van der Waals surface area (Å²) in [5.41, 5.74) is 1.78. The fourth-order valence-electron chi connectivity index (χ4n) is 2.60. The van der Waals surface area contributed by atoms with E-state index < -0.39 is 0 Å². The van der Waals surface area contributed by atoms with E-state index in [0.717, 1.165) is 24.4 Å². The van der Waals surface area contributed by atoms with Gasteiger partial charge in [0, 0.05) is 18.6 Å². The van der Waals surface area contributed by atoms with Gasteiger partial charge in [0.15, 0.2) is 0 Å². The molecule has 0 unspecified atom stereocenters. The van der Waals surface area contributed by atoms with Crippen molar-refractivity contribution in [2.24, 2.45) is 0 Å². The molecule has 1 aromatic rings. The van der Waals surface area contributed by atoms with Crippen molar-refractivity contribution in [1.29, 1.82) is 0 Å². The van der Waals surface area contributed by atoms with E-state index in [4.69, 9.17) is 0 Å². The Bertz CT molecular complexity index is 344. The second kappa shape index (κ2) is 10.8. The Kier molecular flexibility index (Phi) is 9.25. The minimum Gasteiger partial charge on any atom is -0.385 e. The van der Waals surface area contributed by atoms with Crippen molar-refractivity contribution in [3.63, 3.8) is 0 Å². The van der Waals surface area contributed by atoms with Gasteiger partial charge in [0.2, 0.25) is 11.4 Å². The van der Waals surface area contributed by atoms with Crippen LogP contribution >= 0.6 is 0 Å². The third-order valence-electron chi connectivity index (χ3n) is 3.83. The Morgan fingerprint density at radius 1 is 0.800 bits per heavy atom. The molecule has 0 atom stereocenters. The Balaban J connectivity index is 2.27. The summed E-state index contributed by atoms with van der Waals surface area (Å²) in [4.78, 5) is 0. The van der Waals surface area contributed by atoms with Gasteiger partial charge < -0.3 is 10.2 Å². The standard InChI is InChI=1S/C17H30NO2/c1-2-3-4-5-6-7-8-9-13-18-16(14-19)11-10-12-17(18)15-20/h10-12,19-20H,2-9,13-15H2,1H3/q+1. The van der Waals surface area contributed by atoms with Crippen LogP contribution in [-0.4, -0.2) is 10.2 Å². The molecule has 0 aliphatic heterocycles. The van der Waals surface area contributed by atoms with Gasteiger partial charge in [0.25, 0.3) is 0 Å². The molecule has 0 saturated carbocycles. The maximum absolute atomic E-state index is 9.36. The highest BCUT2D eigenvalue weighted by molar-refractivity contribution is 5.02. The third-order valence-corrected chi connectivity index (χ3v) is 3.83. The van der Waals surface area contributed by atoms with Gasteiger partial charge in [-0.15, -0.1) is 0 Å². The van der Waals surface area contributed by atoms with E-state index in [2.05, 4.69) is 11.5 Å². The Morgan fingerprint density at radius 3 is 1.80 bits per heavy atom. The van der Waals surface area contributed by atoms with Crippen LogP contribution in [0.1, 0.15) is 69.7 Å². The van der Waals surface area contributed by atoms with E-state index in [9.17, 15) is 10.2 Å². The lowest BCUT2D eigenvalue weighted by Crippen LogP contribution is -2.42. The van der Waals surface area contributed by atoms with Crippen LogP contribution in [0.4, 0.5) is 0 Å². The highest BCUT2D eigenvalue weighted by Crippen LogP contribution is 2.08. The van der Waals surface area contributed by atoms with Crippen LogP contribution in [0.2, 0.25) is 0 Å². The predicted octanol–water partition coefficient (Wildman–Crippen LogP) is 3.10. The first-order chi connectivity index (χ1) is 9.83. The molecule has 0 spiro atoms. The van der Waals surface area contributed by atoms with Gasteiger partial charge in [-0.2, -0.15) is 4.57 Å². The fourth-order valence-corrected chi connectivity index (χ4v) is 2.60. The molecule has 20 heavy (non-hydrogen) atoms. The Morgan fingerprint density at radius 2 is 1.30 bits per heavy atom. The summed E-state index contributed by atoms with van der Waals surface area (Å²) >= 11 is 0. The largest absolute Gasteiger partial charge is 0.385 e. The molecule has 3 heteroatoms. The average molecular weight is 280 g/mol. The SMILES string of the molecule is CCCCCCCCCC[n+]1c(CO)cccc1CO. The van der Waals surface area contributed by atoms with Gasteiger partial charge >= 0.3 is 0 Å². The monoisotopic (exact) mass is 280 g/mol. The van der Waals surface area contributed by atoms with Crippen molar-refractivity contribution in [3.05, 3.63) is 29.6 Å². The normalized spacial score (nSPS) is 10.9. The number of rotatable bonds is 11. The smallest absolute Gasteiger partial charge is 0.207 e. The van der Waals surface area contributed by atoms with E-state index in [1.807, 2.05) is 18.2 Å². The molecule has 0 fully saturated rings. The van der Waals surface area contributed by atoms with Crippen molar-refractivity contribution in [3.8, 4) is 0 Å². The Hall–Kier alpha value is -0.930. The number of hydrogen-bond donors (Lipinski definition) is 2. The molecule has 114 valence electrons. The van der Waals surface area contributed by atoms with Crippen molar-refractivity contribution < 1.29 is 14.8 Å². The molecule has 0 radical (unpaired) electrons. The second-order valence-corrected chi connectivity index (χ2v) is 5.45. The van der Waals surface area contributed by atoms with Crippen LogP contribution < -0.4 is 4.57 Å². The lowest BCUT2D eigenvalue weighted by atomic mass is 10.1. The van der Waals surface area contributed by atoms with Crippen molar-refractivity contribution >= 4 is 0 Å². The predicted molar refractivity (Wildman–Crippen MR) is 81.1 cm³/mol. The first kappa shape index (κ1) is 17.1. The first-order valence-electron chi connectivity index (χ1n) is 8.05. The topological polar surface area (TPSA) is 44.3 Å². The number of aliphatic hydroxyl groups excluding tert-OH is 2. The number of pyridine rings is 1. The molecule has 1 rings (SSSR count). The van der Waals surface area contributed by atoms with Gasteiger partial charge in [-0.1, -0.05) is 45.4 Å². The first-order valence-corrected chi connectivity index (χ1v) is 8.05. The van der Waals surface area contributed by atoms with E-state index in [0.29, 0.717) is 0 Å². The quantitative estimate of drug-likeness (QED) is 0.483. The van der Waals surface area contributed by atoms with Crippen LogP contribution in [0.25, 0.3) is 0 Å². The van der Waals surface area contributed by atoms with E-state index in [1.54, 1.807) is 0 Å². The maximum Gasteiger partial charge on any atom is 0.207 e. The summed E-state index contributed by atoms with van der Waals surface area (Å²) < 4.78 is 2.05. The molecule has 0 aliphatic rings. The molecular formula is C17H30NO2+. The summed E-state index contributed by atoms with van der Waals surface area (Å²) in [7, 11) is 0. The van der Waals surface area contributed by atoms with Crippen molar-refractivity contribution in [1.82, 2.24) is 0 Å². The van der Waals surface area contributed by atoms with Crippen LogP contribution in [0.3, 0.4) is 0 Å². The molecule has 2 N–H and O–H groups in total. The molecule has 0 aliphatic carbocycles. The van der Waals surface area contributed by atoms with Crippen molar-refractivity contribution in [2.45, 2.75) is 78.0 Å². The van der Waals surface area contributed by atoms with Gasteiger partial charge in [0.05, 0.1) is 0 Å². The van der Waals surface area contributed by atoms with E-state index in [1.165, 1.54) is 44.9 Å². The van der Waals surface area contributed by atoms with Crippen molar-refractivity contribution in [2.75, 3.05) is 0 Å². The molecule has 1 aromatic heterocycles. The lowest BCUT2D eigenvalue weighted by molar-refractivity contribution is -0.715. The van der Waals surface area contributed by atoms with Crippen LogP contribution in [0, 0.1) is 0 Å². The molecule has 0 bridgehead atoms. The molecular weight excluding hydrogens is 250 g/mol. The van der Waals surface area contributed by atoms with Gasteiger partial charge in [-0.25, -0.2) is 0 Å². The fraction of sp³-hybridized carbons (Fsp3) is 0.706. The number of aromatic nitrogens is 1. The zero-order valence-corrected chi connectivity index (χ0v) is 12.9. The van der Waals surface area contributed by atoms with Crippen LogP contribution in [0.5, 0.6) is 0 Å². The number of hydrogen-bond acceptors (Lipinski definition) is 2. The zero-order valence-electron chi connectivity index (χ0n) is 12.9. The number of nitrogens with zero attached hydrogens (tertiary/aromatic N) is 1. The highest BCUT2D eigenvalue weighted by Gasteiger charge is 2.14. The number of unbranched alkanes of at least 4 members (excludes halogenated alkanes) is 7. The van der Waals surface area contributed by atoms with Gasteiger partial charge in [0.1, 0.15) is 19.8 Å².